The van der Waals surface area contributed by atoms with Gasteiger partial charge in [-0.25, -0.2) is 0 Å². The third-order valence-corrected chi connectivity index (χ3v) is 5.72. The molecule has 0 saturated heterocycles. The van der Waals surface area contributed by atoms with Gasteiger partial charge in [0.25, 0.3) is 0 Å². The third kappa shape index (κ3) is 5.07. The Kier molecular flexibility index (Phi) is 6.12. The average molecular weight is 393 g/mol. The van der Waals surface area contributed by atoms with E-state index in [-0.39, 0.29) is 5.91 Å². The van der Waals surface area contributed by atoms with Crippen LogP contribution >= 0.6 is 34.7 Å². The van der Waals surface area contributed by atoms with Crippen LogP contribution in [0.3, 0.4) is 0 Å². The Bertz CT molecular complexity index is 831. The number of thioether (sulfide) groups is 1. The monoisotopic (exact) mass is 392 g/mol. The fourth-order valence-electron chi connectivity index (χ4n) is 2.18. The Morgan fingerprint density at radius 3 is 2.80 bits per heavy atom. The Morgan fingerprint density at radius 2 is 2.08 bits per heavy atom. The van der Waals surface area contributed by atoms with Gasteiger partial charge in [0.15, 0.2) is 5.16 Å². The summed E-state index contributed by atoms with van der Waals surface area (Å²) in [4.78, 5) is 13.3. The molecule has 0 unspecified atom stereocenters. The number of nitrogens with zero attached hydrogens (tertiary/aromatic N) is 3. The number of nitrogens with one attached hydrogen (secondary N) is 1. The molecule has 1 N–H and O–H groups in total. The first kappa shape index (κ1) is 18.0. The van der Waals surface area contributed by atoms with Gasteiger partial charge in [0, 0.05) is 29.9 Å². The minimum absolute atomic E-state index is 0.0391. The first-order valence-electron chi connectivity index (χ1n) is 7.66. The molecule has 1 amide bonds. The van der Waals surface area contributed by atoms with Crippen LogP contribution in [0.15, 0.2) is 46.9 Å². The largest absolute Gasteiger partial charge is 0.351 e. The molecular weight excluding hydrogens is 376 g/mol. The summed E-state index contributed by atoms with van der Waals surface area (Å²) in [5, 5.41) is 14.8. The number of halogens is 1. The summed E-state index contributed by atoms with van der Waals surface area (Å²) in [5.74, 6) is 1.16. The van der Waals surface area contributed by atoms with Crippen LogP contribution in [0.1, 0.15) is 16.3 Å². The summed E-state index contributed by atoms with van der Waals surface area (Å²) in [6.45, 7) is 0.485. The molecule has 0 aliphatic rings. The topological polar surface area (TPSA) is 59.8 Å². The van der Waals surface area contributed by atoms with Crippen LogP contribution < -0.4 is 5.32 Å². The maximum atomic E-state index is 12.0. The van der Waals surface area contributed by atoms with E-state index in [9.17, 15) is 4.79 Å². The number of benzene rings is 1. The molecule has 0 atom stereocenters. The molecule has 5 nitrogen and oxygen atoms in total. The lowest BCUT2D eigenvalue weighted by Gasteiger charge is -2.06. The van der Waals surface area contributed by atoms with Crippen LogP contribution in [0, 0.1) is 0 Å². The van der Waals surface area contributed by atoms with Crippen LogP contribution in [-0.4, -0.2) is 26.4 Å². The molecule has 3 aromatic rings. The van der Waals surface area contributed by atoms with Gasteiger partial charge in [-0.15, -0.1) is 21.5 Å². The Hall–Kier alpha value is -1.83. The van der Waals surface area contributed by atoms with Gasteiger partial charge in [0.2, 0.25) is 5.91 Å². The summed E-state index contributed by atoms with van der Waals surface area (Å²) in [6, 6.07) is 11.5. The van der Waals surface area contributed by atoms with Crippen molar-refractivity contribution in [2.75, 3.05) is 5.75 Å². The molecule has 25 heavy (non-hydrogen) atoms. The summed E-state index contributed by atoms with van der Waals surface area (Å²) >= 11 is 8.93. The summed E-state index contributed by atoms with van der Waals surface area (Å²) in [6.07, 6.45) is 0.754. The van der Waals surface area contributed by atoms with Crippen LogP contribution in [0.25, 0.3) is 0 Å². The molecule has 2 aromatic heterocycles. The van der Waals surface area contributed by atoms with Gasteiger partial charge >= 0.3 is 0 Å². The molecule has 8 heteroatoms. The van der Waals surface area contributed by atoms with Crippen molar-refractivity contribution in [3.05, 3.63) is 63.1 Å². The lowest BCUT2D eigenvalue weighted by Crippen LogP contribution is -2.24. The second kappa shape index (κ2) is 8.51. The molecule has 0 saturated carbocycles. The maximum absolute atomic E-state index is 12.0. The lowest BCUT2D eigenvalue weighted by atomic mass is 10.2. The van der Waals surface area contributed by atoms with E-state index in [0.717, 1.165) is 23.0 Å². The quantitative estimate of drug-likeness (QED) is 0.625. The van der Waals surface area contributed by atoms with E-state index in [1.54, 1.807) is 11.3 Å². The van der Waals surface area contributed by atoms with Gasteiger partial charge in [0.05, 0.1) is 5.75 Å². The minimum atomic E-state index is -0.0391. The molecule has 3 rings (SSSR count). The predicted molar refractivity (Wildman–Crippen MR) is 102 cm³/mol. The van der Waals surface area contributed by atoms with Crippen LogP contribution in [0.5, 0.6) is 0 Å². The van der Waals surface area contributed by atoms with Crippen LogP contribution in [-0.2, 0) is 24.8 Å². The zero-order valence-corrected chi connectivity index (χ0v) is 16.0. The lowest BCUT2D eigenvalue weighted by molar-refractivity contribution is -0.118. The highest BCUT2D eigenvalue weighted by Gasteiger charge is 2.12. The Labute approximate surface area is 159 Å². The minimum Gasteiger partial charge on any atom is -0.351 e. The molecule has 2 heterocycles. The summed E-state index contributed by atoms with van der Waals surface area (Å²) < 4.78 is 1.94. The molecule has 130 valence electrons. The molecule has 0 fully saturated rings. The van der Waals surface area contributed by atoms with E-state index in [1.165, 1.54) is 16.6 Å². The van der Waals surface area contributed by atoms with Gasteiger partial charge in [0.1, 0.15) is 5.82 Å². The highest BCUT2D eigenvalue weighted by atomic mass is 35.5. The molecule has 0 aliphatic heterocycles. The normalized spacial score (nSPS) is 10.8. The molecule has 0 bridgehead atoms. The van der Waals surface area contributed by atoms with E-state index in [1.807, 2.05) is 47.3 Å². The molecule has 0 radical (unpaired) electrons. The summed E-state index contributed by atoms with van der Waals surface area (Å²) in [7, 11) is 1.93. The van der Waals surface area contributed by atoms with Crippen molar-refractivity contribution in [1.29, 1.82) is 0 Å². The first-order chi connectivity index (χ1) is 12.1. The second-order valence-corrected chi connectivity index (χ2v) is 7.82. The third-order valence-electron chi connectivity index (χ3n) is 3.57. The van der Waals surface area contributed by atoms with E-state index in [0.29, 0.717) is 17.3 Å². The van der Waals surface area contributed by atoms with Crippen molar-refractivity contribution >= 4 is 40.6 Å². The number of carbonyl (C=O) groups excluding carboxylic acids is 1. The van der Waals surface area contributed by atoms with E-state index >= 15 is 0 Å². The van der Waals surface area contributed by atoms with Crippen LogP contribution in [0.2, 0.25) is 5.02 Å². The maximum Gasteiger partial charge on any atom is 0.230 e. The Morgan fingerprint density at radius 1 is 1.28 bits per heavy atom. The molecule has 0 spiro atoms. The van der Waals surface area contributed by atoms with Crippen molar-refractivity contribution in [2.45, 2.75) is 18.1 Å². The number of rotatable bonds is 7. The number of thiophene rings is 1. The highest BCUT2D eigenvalue weighted by Crippen LogP contribution is 2.19. The van der Waals surface area contributed by atoms with Crippen molar-refractivity contribution in [3.63, 3.8) is 0 Å². The second-order valence-electron chi connectivity index (χ2n) is 5.41. The highest BCUT2D eigenvalue weighted by molar-refractivity contribution is 7.99. The van der Waals surface area contributed by atoms with Gasteiger partial charge in [-0.05, 0) is 29.1 Å². The smallest absolute Gasteiger partial charge is 0.230 e. The zero-order chi connectivity index (χ0) is 17.6. The molecular formula is C17H17ClN4OS2. The number of carbonyl (C=O) groups is 1. The standard InChI is InChI=1S/C17H17ClN4OS2/c1-22-15(9-14-3-2-8-24-14)20-21-17(22)25-11-16(23)19-10-12-4-6-13(18)7-5-12/h2-8H,9-11H2,1H3,(H,19,23). The summed E-state index contributed by atoms with van der Waals surface area (Å²) in [5.41, 5.74) is 1.01. The van der Waals surface area contributed by atoms with Gasteiger partial charge in [-0.2, -0.15) is 0 Å². The molecule has 0 aliphatic carbocycles. The van der Waals surface area contributed by atoms with Crippen molar-refractivity contribution in [3.8, 4) is 0 Å². The van der Waals surface area contributed by atoms with E-state index in [4.69, 9.17) is 11.6 Å². The van der Waals surface area contributed by atoms with E-state index < -0.39 is 0 Å². The van der Waals surface area contributed by atoms with Gasteiger partial charge in [-0.3, -0.25) is 4.79 Å². The fourth-order valence-corrected chi connectivity index (χ4v) is 3.77. The predicted octanol–water partition coefficient (Wildman–Crippen LogP) is 3.53. The number of hydrogen-bond acceptors (Lipinski definition) is 5. The SMILES string of the molecule is Cn1c(Cc2cccs2)nnc1SCC(=O)NCc1ccc(Cl)cc1. The van der Waals surface area contributed by atoms with Crippen LogP contribution in [0.4, 0.5) is 0 Å². The number of amides is 1. The first-order valence-corrected chi connectivity index (χ1v) is 9.91. The average Bonchev–Trinajstić information content (AvgIpc) is 3.24. The van der Waals surface area contributed by atoms with Gasteiger partial charge in [-0.1, -0.05) is 41.6 Å². The van der Waals surface area contributed by atoms with E-state index in [2.05, 4.69) is 21.6 Å². The Balaban J connectivity index is 1.48. The van der Waals surface area contributed by atoms with Crippen molar-refractivity contribution < 1.29 is 4.79 Å². The van der Waals surface area contributed by atoms with Crippen molar-refractivity contribution in [2.24, 2.45) is 7.05 Å². The van der Waals surface area contributed by atoms with Gasteiger partial charge < -0.3 is 9.88 Å². The van der Waals surface area contributed by atoms with Crippen molar-refractivity contribution in [1.82, 2.24) is 20.1 Å². The zero-order valence-electron chi connectivity index (χ0n) is 13.6. The number of aromatic nitrogens is 3. The number of hydrogen-bond donors (Lipinski definition) is 1. The fraction of sp³-hybridized carbons (Fsp3) is 0.235. The molecule has 1 aromatic carbocycles.